The van der Waals surface area contributed by atoms with Crippen LogP contribution in [0.4, 0.5) is 5.69 Å². The summed E-state index contributed by atoms with van der Waals surface area (Å²) < 4.78 is 1.94. The number of aromatic nitrogens is 1. The van der Waals surface area contributed by atoms with Gasteiger partial charge in [0, 0.05) is 35.2 Å². The average Bonchev–Trinajstić information content (AvgIpc) is 3.29. The maximum atomic E-state index is 13.0. The summed E-state index contributed by atoms with van der Waals surface area (Å²) in [6, 6.07) is 18.0. The Labute approximate surface area is 163 Å². The maximum Gasteiger partial charge on any atom is 0.264 e. The van der Waals surface area contributed by atoms with Gasteiger partial charge in [-0.2, -0.15) is 0 Å². The molecular weight excluding hydrogens is 352 g/mol. The number of Topliss-reactive ketones (excluding diaryl/α,β-unsaturated/α-hetero) is 1. The number of benzene rings is 2. The zero-order chi connectivity index (χ0) is 19.9. The van der Waals surface area contributed by atoms with Crippen LogP contribution in [0.25, 0.3) is 5.69 Å². The second-order valence-corrected chi connectivity index (χ2v) is 7.38. The number of carbonyl (C=O) groups is 2. The summed E-state index contributed by atoms with van der Waals surface area (Å²) in [5.41, 5.74) is 0.731. The Balaban J connectivity index is 1.63. The van der Waals surface area contributed by atoms with Crippen LogP contribution in [-0.2, 0) is 10.4 Å². The lowest BCUT2D eigenvalue weighted by atomic mass is 9.88. The van der Waals surface area contributed by atoms with Crippen molar-refractivity contribution in [1.82, 2.24) is 4.57 Å². The van der Waals surface area contributed by atoms with Crippen molar-refractivity contribution in [3.8, 4) is 5.69 Å². The smallest absolute Gasteiger partial charge is 0.264 e. The number of hydrogen-bond donors (Lipinski definition) is 1. The van der Waals surface area contributed by atoms with Crippen LogP contribution < -0.4 is 4.90 Å². The molecule has 1 atom stereocenters. The second-order valence-electron chi connectivity index (χ2n) is 7.38. The van der Waals surface area contributed by atoms with E-state index in [1.54, 1.807) is 29.2 Å². The lowest BCUT2D eigenvalue weighted by Gasteiger charge is -2.25. The molecule has 4 rings (SSSR count). The first-order valence-electron chi connectivity index (χ1n) is 9.34. The van der Waals surface area contributed by atoms with Gasteiger partial charge in [0.15, 0.2) is 11.4 Å². The summed E-state index contributed by atoms with van der Waals surface area (Å²) in [5, 5.41) is 11.3. The first-order valence-corrected chi connectivity index (χ1v) is 9.34. The molecule has 0 radical (unpaired) electrons. The number of amides is 1. The highest BCUT2D eigenvalue weighted by Gasteiger charge is 2.51. The number of para-hydroxylation sites is 1. The Bertz CT molecular complexity index is 1020. The molecule has 0 bridgehead atoms. The molecule has 1 aliphatic rings. The van der Waals surface area contributed by atoms with Crippen molar-refractivity contribution in [2.45, 2.75) is 31.9 Å². The minimum absolute atomic E-state index is 0.112. The first kappa shape index (κ1) is 18.2. The summed E-state index contributed by atoms with van der Waals surface area (Å²) >= 11 is 0. The third-order valence-corrected chi connectivity index (χ3v) is 5.21. The highest BCUT2D eigenvalue weighted by molar-refractivity contribution is 6.11. The van der Waals surface area contributed by atoms with Gasteiger partial charge in [-0.05, 0) is 56.3 Å². The van der Waals surface area contributed by atoms with Gasteiger partial charge in [-0.25, -0.2) is 0 Å². The quantitative estimate of drug-likeness (QED) is 0.693. The van der Waals surface area contributed by atoms with Gasteiger partial charge < -0.3 is 14.6 Å². The molecule has 1 aromatic heterocycles. The Morgan fingerprint density at radius 1 is 1.00 bits per heavy atom. The fraction of sp³-hybridized carbons (Fsp3) is 0.217. The number of rotatable bonds is 5. The molecule has 0 saturated carbocycles. The van der Waals surface area contributed by atoms with Crippen molar-refractivity contribution in [2.24, 2.45) is 0 Å². The van der Waals surface area contributed by atoms with Crippen molar-refractivity contribution >= 4 is 17.4 Å². The minimum atomic E-state index is -1.84. The normalized spacial score (nSPS) is 18.6. The van der Waals surface area contributed by atoms with Gasteiger partial charge in [0.25, 0.3) is 5.91 Å². The summed E-state index contributed by atoms with van der Waals surface area (Å²) in [6.07, 6.45) is 3.57. The molecule has 1 N–H and O–H groups in total. The molecule has 28 heavy (non-hydrogen) atoms. The number of ketones is 1. The second kappa shape index (κ2) is 6.77. The van der Waals surface area contributed by atoms with Crippen molar-refractivity contribution in [1.29, 1.82) is 0 Å². The molecule has 0 saturated heterocycles. The van der Waals surface area contributed by atoms with Gasteiger partial charge in [-0.15, -0.1) is 0 Å². The molecule has 1 aliphatic heterocycles. The maximum absolute atomic E-state index is 13.0. The van der Waals surface area contributed by atoms with Crippen molar-refractivity contribution in [3.05, 3.63) is 84.2 Å². The molecule has 2 heterocycles. The fourth-order valence-corrected chi connectivity index (χ4v) is 3.80. The largest absolute Gasteiger partial charge is 0.375 e. The van der Waals surface area contributed by atoms with Crippen LogP contribution in [0.2, 0.25) is 0 Å². The van der Waals surface area contributed by atoms with E-state index in [0.717, 1.165) is 5.69 Å². The van der Waals surface area contributed by atoms with Crippen LogP contribution in [0.5, 0.6) is 0 Å². The molecule has 0 aliphatic carbocycles. The molecule has 0 spiro atoms. The summed E-state index contributed by atoms with van der Waals surface area (Å²) in [7, 11) is 0. The van der Waals surface area contributed by atoms with E-state index in [4.69, 9.17) is 0 Å². The summed E-state index contributed by atoms with van der Waals surface area (Å²) in [4.78, 5) is 27.5. The Morgan fingerprint density at radius 2 is 1.64 bits per heavy atom. The van der Waals surface area contributed by atoms with Crippen LogP contribution in [0.3, 0.4) is 0 Å². The first-order chi connectivity index (χ1) is 13.4. The van der Waals surface area contributed by atoms with Gasteiger partial charge in [-0.1, -0.05) is 18.2 Å². The zero-order valence-corrected chi connectivity index (χ0v) is 15.9. The lowest BCUT2D eigenvalue weighted by Crippen LogP contribution is -2.44. The predicted molar refractivity (Wildman–Crippen MR) is 108 cm³/mol. The van der Waals surface area contributed by atoms with E-state index in [-0.39, 0.29) is 18.2 Å². The monoisotopic (exact) mass is 374 g/mol. The average molecular weight is 374 g/mol. The summed E-state index contributed by atoms with van der Waals surface area (Å²) in [6.45, 7) is 3.78. The van der Waals surface area contributed by atoms with Crippen LogP contribution >= 0.6 is 0 Å². The third-order valence-electron chi connectivity index (χ3n) is 5.21. The number of nitrogens with zero attached hydrogens (tertiary/aromatic N) is 2. The van der Waals surface area contributed by atoms with Crippen LogP contribution in [0.15, 0.2) is 73.1 Å². The topological polar surface area (TPSA) is 62.5 Å². The molecule has 5 nitrogen and oxygen atoms in total. The molecule has 2 aromatic carbocycles. The zero-order valence-electron chi connectivity index (χ0n) is 15.9. The van der Waals surface area contributed by atoms with Crippen molar-refractivity contribution < 1.29 is 14.7 Å². The van der Waals surface area contributed by atoms with Crippen LogP contribution in [0, 0.1) is 0 Å². The number of hydrogen-bond acceptors (Lipinski definition) is 3. The molecule has 1 unspecified atom stereocenters. The SMILES string of the molecule is CC(C)N1C(=O)C(O)(CC(=O)c2ccc(-n3cccc3)cc2)c2ccccc21. The van der Waals surface area contributed by atoms with Crippen molar-refractivity contribution in [3.63, 3.8) is 0 Å². The van der Waals surface area contributed by atoms with Gasteiger partial charge in [-0.3, -0.25) is 9.59 Å². The molecule has 3 aromatic rings. The van der Waals surface area contributed by atoms with E-state index >= 15 is 0 Å². The van der Waals surface area contributed by atoms with Gasteiger partial charge in [0.05, 0.1) is 12.1 Å². The van der Waals surface area contributed by atoms with Crippen LogP contribution in [-0.4, -0.2) is 27.4 Å². The highest BCUT2D eigenvalue weighted by atomic mass is 16.3. The number of anilines is 1. The molecule has 0 fully saturated rings. The predicted octanol–water partition coefficient (Wildman–Crippen LogP) is 3.69. The molecule has 142 valence electrons. The summed E-state index contributed by atoms with van der Waals surface area (Å²) in [5.74, 6) is -0.712. The number of fused-ring (bicyclic) bond motifs is 1. The van der Waals surface area contributed by atoms with Gasteiger partial charge in [0.2, 0.25) is 0 Å². The van der Waals surface area contributed by atoms with E-state index in [1.165, 1.54) is 0 Å². The van der Waals surface area contributed by atoms with E-state index in [2.05, 4.69) is 0 Å². The molecule has 5 heteroatoms. The minimum Gasteiger partial charge on any atom is -0.375 e. The van der Waals surface area contributed by atoms with Crippen molar-refractivity contribution in [2.75, 3.05) is 4.90 Å². The Kier molecular flexibility index (Phi) is 4.40. The standard InChI is InChI=1S/C23H22N2O3/c1-16(2)25-20-8-4-3-7-19(20)23(28,22(25)27)15-21(26)17-9-11-18(12-10-17)24-13-5-6-14-24/h3-14,16,28H,15H2,1-2H3. The van der Waals surface area contributed by atoms with Crippen LogP contribution in [0.1, 0.15) is 36.2 Å². The fourth-order valence-electron chi connectivity index (χ4n) is 3.80. The molecule has 1 amide bonds. The van der Waals surface area contributed by atoms with E-state index in [1.807, 2.05) is 67.2 Å². The number of carbonyl (C=O) groups excluding carboxylic acids is 2. The lowest BCUT2D eigenvalue weighted by molar-refractivity contribution is -0.136. The third kappa shape index (κ3) is 2.84. The van der Waals surface area contributed by atoms with E-state index in [9.17, 15) is 14.7 Å². The van der Waals surface area contributed by atoms with Gasteiger partial charge in [0.1, 0.15) is 0 Å². The molecular formula is C23H22N2O3. The number of aliphatic hydroxyl groups is 1. The van der Waals surface area contributed by atoms with E-state index < -0.39 is 11.5 Å². The Hall–Kier alpha value is -3.18. The van der Waals surface area contributed by atoms with Gasteiger partial charge >= 0.3 is 0 Å². The Morgan fingerprint density at radius 3 is 2.29 bits per heavy atom. The highest BCUT2D eigenvalue weighted by Crippen LogP contribution is 2.43. The van der Waals surface area contributed by atoms with E-state index in [0.29, 0.717) is 16.8 Å².